The molecular weight excluding hydrogens is 248 g/mol. The lowest BCUT2D eigenvalue weighted by Gasteiger charge is -2.31. The fraction of sp³-hybridized carbons (Fsp3) is 0.588. The van der Waals surface area contributed by atoms with Crippen LogP contribution in [0.4, 0.5) is 0 Å². The standard InChI is InChI=1S/C17H26N2O/c1-5-6-9-13(3)19-16(18-14(4)17(19)20)15-10-7-8-12(2)11-15/h7-8,10-11,13-14,16,18H,5-6,9H2,1-4H3. The third kappa shape index (κ3) is 3.04. The molecule has 1 amide bonds. The van der Waals surface area contributed by atoms with Gasteiger partial charge in [0.2, 0.25) is 5.91 Å². The Hall–Kier alpha value is -1.35. The van der Waals surface area contributed by atoms with Gasteiger partial charge in [-0.25, -0.2) is 0 Å². The molecule has 0 saturated carbocycles. The van der Waals surface area contributed by atoms with E-state index in [1.54, 1.807) is 0 Å². The highest BCUT2D eigenvalue weighted by Crippen LogP contribution is 2.29. The smallest absolute Gasteiger partial charge is 0.241 e. The molecule has 1 aromatic rings. The number of aryl methyl sites for hydroxylation is 1. The predicted molar refractivity (Wildman–Crippen MR) is 82.4 cm³/mol. The maximum Gasteiger partial charge on any atom is 0.241 e. The Morgan fingerprint density at radius 3 is 2.80 bits per heavy atom. The van der Waals surface area contributed by atoms with Gasteiger partial charge in [0.1, 0.15) is 6.17 Å². The van der Waals surface area contributed by atoms with E-state index in [0.717, 1.165) is 6.42 Å². The molecule has 1 aromatic carbocycles. The van der Waals surface area contributed by atoms with E-state index in [4.69, 9.17) is 0 Å². The molecule has 0 radical (unpaired) electrons. The minimum atomic E-state index is -0.0930. The summed E-state index contributed by atoms with van der Waals surface area (Å²) in [6, 6.07) is 8.62. The first-order chi connectivity index (χ1) is 9.54. The lowest BCUT2D eigenvalue weighted by atomic mass is 10.1. The van der Waals surface area contributed by atoms with Gasteiger partial charge in [0.05, 0.1) is 6.04 Å². The number of carbonyl (C=O) groups excluding carboxylic acids is 1. The zero-order valence-corrected chi connectivity index (χ0v) is 13.0. The second-order valence-corrected chi connectivity index (χ2v) is 5.94. The second kappa shape index (κ2) is 6.40. The number of hydrogen-bond acceptors (Lipinski definition) is 2. The van der Waals surface area contributed by atoms with Crippen molar-refractivity contribution in [1.29, 1.82) is 0 Å². The van der Waals surface area contributed by atoms with Crippen LogP contribution < -0.4 is 5.32 Å². The van der Waals surface area contributed by atoms with Crippen LogP contribution in [0.15, 0.2) is 24.3 Å². The average molecular weight is 274 g/mol. The van der Waals surface area contributed by atoms with E-state index in [0.29, 0.717) is 0 Å². The molecule has 110 valence electrons. The minimum absolute atomic E-state index is 0.0178. The number of nitrogens with zero attached hydrogens (tertiary/aromatic N) is 1. The maximum absolute atomic E-state index is 12.4. The van der Waals surface area contributed by atoms with Crippen LogP contribution in [0.5, 0.6) is 0 Å². The number of benzene rings is 1. The van der Waals surface area contributed by atoms with Crippen molar-refractivity contribution in [1.82, 2.24) is 10.2 Å². The largest absolute Gasteiger partial charge is 0.319 e. The summed E-state index contributed by atoms with van der Waals surface area (Å²) < 4.78 is 0. The number of amides is 1. The number of carbonyl (C=O) groups is 1. The van der Waals surface area contributed by atoms with Crippen LogP contribution in [-0.4, -0.2) is 22.9 Å². The van der Waals surface area contributed by atoms with Crippen molar-refractivity contribution < 1.29 is 4.79 Å². The van der Waals surface area contributed by atoms with Crippen molar-refractivity contribution >= 4 is 5.91 Å². The lowest BCUT2D eigenvalue weighted by Crippen LogP contribution is -2.38. The summed E-state index contributed by atoms with van der Waals surface area (Å²) in [7, 11) is 0. The van der Waals surface area contributed by atoms with Crippen LogP contribution in [0, 0.1) is 6.92 Å². The van der Waals surface area contributed by atoms with E-state index in [1.807, 2.05) is 11.8 Å². The highest BCUT2D eigenvalue weighted by atomic mass is 16.2. The Bertz CT molecular complexity index is 472. The molecule has 20 heavy (non-hydrogen) atoms. The van der Waals surface area contributed by atoms with Gasteiger partial charge in [-0.05, 0) is 32.8 Å². The summed E-state index contributed by atoms with van der Waals surface area (Å²) in [5, 5.41) is 3.43. The van der Waals surface area contributed by atoms with E-state index in [2.05, 4.69) is 50.4 Å². The van der Waals surface area contributed by atoms with Gasteiger partial charge in [0, 0.05) is 6.04 Å². The fourth-order valence-electron chi connectivity index (χ4n) is 2.95. The van der Waals surface area contributed by atoms with Gasteiger partial charge in [-0.2, -0.15) is 0 Å². The van der Waals surface area contributed by atoms with Gasteiger partial charge in [-0.3, -0.25) is 10.1 Å². The minimum Gasteiger partial charge on any atom is -0.319 e. The van der Waals surface area contributed by atoms with Gasteiger partial charge in [-0.1, -0.05) is 49.6 Å². The first-order valence-electron chi connectivity index (χ1n) is 7.69. The monoisotopic (exact) mass is 274 g/mol. The normalized spacial score (nSPS) is 24.2. The molecule has 1 saturated heterocycles. The molecule has 1 fully saturated rings. The summed E-state index contributed by atoms with van der Waals surface area (Å²) in [5.41, 5.74) is 2.42. The molecule has 3 heteroatoms. The van der Waals surface area contributed by atoms with Crippen LogP contribution in [-0.2, 0) is 4.79 Å². The number of nitrogens with one attached hydrogen (secondary N) is 1. The van der Waals surface area contributed by atoms with Crippen molar-refractivity contribution in [2.45, 2.75) is 65.2 Å². The van der Waals surface area contributed by atoms with Gasteiger partial charge in [-0.15, -0.1) is 0 Å². The Balaban J connectivity index is 2.23. The van der Waals surface area contributed by atoms with Crippen molar-refractivity contribution in [2.75, 3.05) is 0 Å². The Kier molecular flexibility index (Phi) is 4.81. The summed E-state index contributed by atoms with van der Waals surface area (Å²) >= 11 is 0. The Morgan fingerprint density at radius 1 is 1.40 bits per heavy atom. The quantitative estimate of drug-likeness (QED) is 0.892. The SMILES string of the molecule is CCCCC(C)N1C(=O)C(C)NC1c1cccc(C)c1. The summed E-state index contributed by atoms with van der Waals surface area (Å²) in [4.78, 5) is 14.5. The molecule has 3 nitrogen and oxygen atoms in total. The third-order valence-corrected chi connectivity index (χ3v) is 4.12. The van der Waals surface area contributed by atoms with Crippen molar-refractivity contribution in [3.8, 4) is 0 Å². The molecule has 1 N–H and O–H groups in total. The van der Waals surface area contributed by atoms with Gasteiger partial charge < -0.3 is 4.90 Å². The molecule has 1 aliphatic heterocycles. The zero-order valence-electron chi connectivity index (χ0n) is 13.0. The Morgan fingerprint density at radius 2 is 2.15 bits per heavy atom. The van der Waals surface area contributed by atoms with Gasteiger partial charge >= 0.3 is 0 Å². The second-order valence-electron chi connectivity index (χ2n) is 5.94. The van der Waals surface area contributed by atoms with Crippen molar-refractivity contribution in [2.24, 2.45) is 0 Å². The molecule has 3 atom stereocenters. The van der Waals surface area contributed by atoms with E-state index in [1.165, 1.54) is 24.0 Å². The van der Waals surface area contributed by atoms with Crippen LogP contribution >= 0.6 is 0 Å². The third-order valence-electron chi connectivity index (χ3n) is 4.12. The van der Waals surface area contributed by atoms with Crippen LogP contribution in [0.2, 0.25) is 0 Å². The molecule has 2 rings (SSSR count). The van der Waals surface area contributed by atoms with Crippen molar-refractivity contribution in [3.63, 3.8) is 0 Å². The molecular formula is C17H26N2O. The first kappa shape index (κ1) is 15.0. The number of unbranched alkanes of at least 4 members (excludes halogenated alkanes) is 1. The van der Waals surface area contributed by atoms with E-state index < -0.39 is 0 Å². The van der Waals surface area contributed by atoms with Crippen LogP contribution in [0.25, 0.3) is 0 Å². The molecule has 0 bridgehead atoms. The van der Waals surface area contributed by atoms with E-state index in [9.17, 15) is 4.79 Å². The number of rotatable bonds is 5. The number of hydrogen-bond donors (Lipinski definition) is 1. The summed E-state index contributed by atoms with van der Waals surface area (Å²) in [6.45, 7) is 8.40. The van der Waals surface area contributed by atoms with Gasteiger partial charge in [0.25, 0.3) is 0 Å². The van der Waals surface area contributed by atoms with Crippen molar-refractivity contribution in [3.05, 3.63) is 35.4 Å². The van der Waals surface area contributed by atoms with Gasteiger partial charge in [0.15, 0.2) is 0 Å². The van der Waals surface area contributed by atoms with Crippen LogP contribution in [0.3, 0.4) is 0 Å². The fourth-order valence-corrected chi connectivity index (χ4v) is 2.95. The van der Waals surface area contributed by atoms with Crippen LogP contribution in [0.1, 0.15) is 57.3 Å². The lowest BCUT2D eigenvalue weighted by molar-refractivity contribution is -0.131. The highest BCUT2D eigenvalue weighted by Gasteiger charge is 2.39. The summed E-state index contributed by atoms with van der Waals surface area (Å²) in [6.07, 6.45) is 3.42. The Labute approximate surface area is 122 Å². The average Bonchev–Trinajstić information content (AvgIpc) is 2.72. The highest BCUT2D eigenvalue weighted by molar-refractivity contribution is 5.84. The summed E-state index contributed by atoms with van der Waals surface area (Å²) in [5.74, 6) is 0.222. The molecule has 1 aliphatic rings. The molecule has 1 heterocycles. The van der Waals surface area contributed by atoms with E-state index in [-0.39, 0.29) is 24.2 Å². The molecule has 0 spiro atoms. The van der Waals surface area contributed by atoms with E-state index >= 15 is 0 Å². The molecule has 0 aliphatic carbocycles. The zero-order chi connectivity index (χ0) is 14.7. The maximum atomic E-state index is 12.4. The molecule has 0 aromatic heterocycles. The topological polar surface area (TPSA) is 32.3 Å². The molecule has 3 unspecified atom stereocenters. The first-order valence-corrected chi connectivity index (χ1v) is 7.69. The predicted octanol–water partition coefficient (Wildman–Crippen LogP) is 3.39.